The van der Waals surface area contributed by atoms with Crippen LogP contribution in [0.5, 0.6) is 5.75 Å². The van der Waals surface area contributed by atoms with Crippen LogP contribution in [0.25, 0.3) is 0 Å². The van der Waals surface area contributed by atoms with Gasteiger partial charge in [0.25, 0.3) is 0 Å². The molecule has 96 valence electrons. The van der Waals surface area contributed by atoms with E-state index in [1.54, 1.807) is 7.11 Å². The average Bonchev–Trinajstić information content (AvgIpc) is 2.36. The summed E-state index contributed by atoms with van der Waals surface area (Å²) in [5.74, 6) is 0.858. The van der Waals surface area contributed by atoms with Gasteiger partial charge in [0, 0.05) is 0 Å². The number of hydrogen-bond acceptors (Lipinski definition) is 4. The van der Waals surface area contributed by atoms with Gasteiger partial charge in [-0.25, -0.2) is 0 Å². The Morgan fingerprint density at radius 2 is 1.94 bits per heavy atom. The first-order valence-corrected chi connectivity index (χ1v) is 5.69. The van der Waals surface area contributed by atoms with Crippen molar-refractivity contribution in [1.82, 2.24) is 0 Å². The van der Waals surface area contributed by atoms with E-state index in [1.165, 1.54) is 0 Å². The zero-order valence-electron chi connectivity index (χ0n) is 10.4. The maximum atomic E-state index is 9.10. The van der Waals surface area contributed by atoms with Gasteiger partial charge in [-0.3, -0.25) is 0 Å². The Kier molecular flexibility index (Phi) is 4.93. The summed E-state index contributed by atoms with van der Waals surface area (Å²) in [6.07, 6.45) is 1.27. The zero-order valence-corrected chi connectivity index (χ0v) is 10.4. The minimum atomic E-state index is -0.895. The summed E-state index contributed by atoms with van der Waals surface area (Å²) in [4.78, 5) is 0. The molecule has 4 nitrogen and oxygen atoms in total. The highest BCUT2D eigenvalue weighted by molar-refractivity contribution is 5.36. The molecule has 0 radical (unpaired) electrons. The Labute approximate surface area is 102 Å². The lowest BCUT2D eigenvalue weighted by Crippen LogP contribution is -2.47. The molecule has 4 N–H and O–H groups in total. The van der Waals surface area contributed by atoms with E-state index in [0.29, 0.717) is 6.42 Å². The van der Waals surface area contributed by atoms with Gasteiger partial charge in [0.15, 0.2) is 0 Å². The van der Waals surface area contributed by atoms with Crippen molar-refractivity contribution >= 4 is 0 Å². The van der Waals surface area contributed by atoms with Crippen molar-refractivity contribution in [2.24, 2.45) is 5.73 Å². The van der Waals surface area contributed by atoms with E-state index in [4.69, 9.17) is 20.7 Å². The van der Waals surface area contributed by atoms with Crippen LogP contribution < -0.4 is 10.5 Å². The number of aliphatic hydroxyl groups is 2. The molecule has 1 aromatic carbocycles. The maximum Gasteiger partial charge on any atom is 0.121 e. The maximum absolute atomic E-state index is 9.10. The van der Waals surface area contributed by atoms with Crippen LogP contribution in [-0.2, 0) is 6.42 Å². The van der Waals surface area contributed by atoms with Crippen LogP contribution in [0.3, 0.4) is 0 Å². The molecule has 0 bridgehead atoms. The number of benzene rings is 1. The monoisotopic (exact) mass is 239 g/mol. The highest BCUT2D eigenvalue weighted by atomic mass is 16.5. The van der Waals surface area contributed by atoms with Crippen LogP contribution in [0, 0.1) is 6.92 Å². The average molecular weight is 239 g/mol. The lowest BCUT2D eigenvalue weighted by Gasteiger charge is -2.24. The van der Waals surface area contributed by atoms with Gasteiger partial charge in [-0.05, 0) is 37.0 Å². The molecule has 0 aliphatic rings. The number of hydrogen-bond donors (Lipinski definition) is 3. The topological polar surface area (TPSA) is 75.7 Å². The normalized spacial score (nSPS) is 11.6. The Bertz CT molecular complexity index is 362. The van der Waals surface area contributed by atoms with E-state index in [9.17, 15) is 0 Å². The van der Waals surface area contributed by atoms with Crippen LogP contribution in [0.1, 0.15) is 17.5 Å². The van der Waals surface area contributed by atoms with E-state index in [2.05, 4.69) is 0 Å². The lowest BCUT2D eigenvalue weighted by atomic mass is 9.93. The molecular weight excluding hydrogens is 218 g/mol. The van der Waals surface area contributed by atoms with Gasteiger partial charge in [0.05, 0.1) is 25.9 Å². The molecule has 17 heavy (non-hydrogen) atoms. The zero-order chi connectivity index (χ0) is 12.9. The van der Waals surface area contributed by atoms with Gasteiger partial charge >= 0.3 is 0 Å². The summed E-state index contributed by atoms with van der Waals surface area (Å²) in [6.45, 7) is 1.56. The second kappa shape index (κ2) is 6.00. The standard InChI is InChI=1S/C13H21NO3/c1-10-7-11(3-4-12(10)17-2)5-6-13(14,8-15)9-16/h3-4,7,15-16H,5-6,8-9,14H2,1-2H3. The van der Waals surface area contributed by atoms with Crippen molar-refractivity contribution in [3.05, 3.63) is 29.3 Å². The molecule has 0 unspecified atom stereocenters. The quantitative estimate of drug-likeness (QED) is 0.680. The van der Waals surface area contributed by atoms with E-state index in [-0.39, 0.29) is 13.2 Å². The van der Waals surface area contributed by atoms with Crippen molar-refractivity contribution in [2.75, 3.05) is 20.3 Å². The van der Waals surface area contributed by atoms with Crippen LogP contribution in [-0.4, -0.2) is 36.1 Å². The van der Waals surface area contributed by atoms with Crippen molar-refractivity contribution in [3.8, 4) is 5.75 Å². The molecule has 0 saturated carbocycles. The second-order valence-corrected chi connectivity index (χ2v) is 4.48. The number of methoxy groups -OCH3 is 1. The number of ether oxygens (including phenoxy) is 1. The molecular formula is C13H21NO3. The lowest BCUT2D eigenvalue weighted by molar-refractivity contribution is 0.115. The number of aliphatic hydroxyl groups excluding tert-OH is 2. The Balaban J connectivity index is 2.67. The van der Waals surface area contributed by atoms with E-state index < -0.39 is 5.54 Å². The predicted molar refractivity (Wildman–Crippen MR) is 67.1 cm³/mol. The molecule has 0 saturated heterocycles. The smallest absolute Gasteiger partial charge is 0.121 e. The fraction of sp³-hybridized carbons (Fsp3) is 0.538. The van der Waals surface area contributed by atoms with E-state index in [0.717, 1.165) is 23.3 Å². The van der Waals surface area contributed by atoms with Gasteiger partial charge in [-0.2, -0.15) is 0 Å². The summed E-state index contributed by atoms with van der Waals surface area (Å²) in [5.41, 5.74) is 7.11. The highest BCUT2D eigenvalue weighted by Crippen LogP contribution is 2.20. The van der Waals surface area contributed by atoms with Crippen molar-refractivity contribution < 1.29 is 14.9 Å². The predicted octanol–water partition coefficient (Wildman–Crippen LogP) is 0.618. The SMILES string of the molecule is COc1ccc(CCC(N)(CO)CO)cc1C. The molecule has 0 amide bonds. The van der Waals surface area contributed by atoms with Gasteiger partial charge in [0.1, 0.15) is 5.75 Å². The Morgan fingerprint density at radius 3 is 2.41 bits per heavy atom. The first kappa shape index (κ1) is 14.0. The second-order valence-electron chi connectivity index (χ2n) is 4.48. The summed E-state index contributed by atoms with van der Waals surface area (Å²) in [5, 5.41) is 18.2. The van der Waals surface area contributed by atoms with Gasteiger partial charge < -0.3 is 20.7 Å². The summed E-state index contributed by atoms with van der Waals surface area (Å²) in [7, 11) is 1.64. The first-order valence-electron chi connectivity index (χ1n) is 5.69. The van der Waals surface area contributed by atoms with E-state index >= 15 is 0 Å². The molecule has 4 heteroatoms. The largest absolute Gasteiger partial charge is 0.496 e. The third-order valence-corrected chi connectivity index (χ3v) is 3.00. The fourth-order valence-electron chi connectivity index (χ4n) is 1.70. The molecule has 0 fully saturated rings. The van der Waals surface area contributed by atoms with Crippen LogP contribution in [0.15, 0.2) is 18.2 Å². The van der Waals surface area contributed by atoms with Gasteiger partial charge in [-0.15, -0.1) is 0 Å². The first-order chi connectivity index (χ1) is 8.04. The third-order valence-electron chi connectivity index (χ3n) is 3.00. The van der Waals surface area contributed by atoms with Crippen molar-refractivity contribution in [3.63, 3.8) is 0 Å². The van der Waals surface area contributed by atoms with E-state index in [1.807, 2.05) is 25.1 Å². The molecule has 0 atom stereocenters. The molecule has 1 aromatic rings. The number of aryl methyl sites for hydroxylation is 2. The van der Waals surface area contributed by atoms with Gasteiger partial charge in [-0.1, -0.05) is 12.1 Å². The Morgan fingerprint density at radius 1 is 1.29 bits per heavy atom. The van der Waals surface area contributed by atoms with Gasteiger partial charge in [0.2, 0.25) is 0 Å². The minimum absolute atomic E-state index is 0.210. The van der Waals surface area contributed by atoms with Crippen molar-refractivity contribution in [1.29, 1.82) is 0 Å². The van der Waals surface area contributed by atoms with Crippen LogP contribution in [0.2, 0.25) is 0 Å². The fourth-order valence-corrected chi connectivity index (χ4v) is 1.70. The summed E-state index contributed by atoms with van der Waals surface area (Å²) < 4.78 is 5.18. The summed E-state index contributed by atoms with van der Waals surface area (Å²) >= 11 is 0. The summed E-state index contributed by atoms with van der Waals surface area (Å²) in [6, 6.07) is 5.93. The van der Waals surface area contributed by atoms with Crippen LogP contribution in [0.4, 0.5) is 0 Å². The molecule has 0 heterocycles. The molecule has 1 rings (SSSR count). The Hall–Kier alpha value is -1.10. The molecule has 0 aliphatic carbocycles. The number of rotatable bonds is 6. The third kappa shape index (κ3) is 3.70. The molecule has 0 aromatic heterocycles. The number of nitrogens with two attached hydrogens (primary N) is 1. The minimum Gasteiger partial charge on any atom is -0.496 e. The molecule has 0 spiro atoms. The van der Waals surface area contributed by atoms with Crippen LogP contribution >= 0.6 is 0 Å². The highest BCUT2D eigenvalue weighted by Gasteiger charge is 2.22. The van der Waals surface area contributed by atoms with Crippen molar-refractivity contribution in [2.45, 2.75) is 25.3 Å². The molecule has 0 aliphatic heterocycles.